The van der Waals surface area contributed by atoms with Gasteiger partial charge in [-0.15, -0.1) is 0 Å². The van der Waals surface area contributed by atoms with Crippen LogP contribution in [0.2, 0.25) is 5.02 Å². The summed E-state index contributed by atoms with van der Waals surface area (Å²) in [5.41, 5.74) is 0.314. The highest BCUT2D eigenvalue weighted by Gasteiger charge is 2.30. The van der Waals surface area contributed by atoms with E-state index >= 15 is 0 Å². The summed E-state index contributed by atoms with van der Waals surface area (Å²) in [5, 5.41) is 3.02. The molecule has 2 aromatic rings. The monoisotopic (exact) mass is 309 g/mol. The molecule has 2 aromatic carbocycles. The Bertz CT molecular complexity index is 669. The number of rotatable bonds is 2. The highest BCUT2D eigenvalue weighted by atomic mass is 35.5. The summed E-state index contributed by atoms with van der Waals surface area (Å²) in [6.07, 6.45) is -4.39. The van der Waals surface area contributed by atoms with Crippen LogP contribution in [0.4, 0.5) is 18.9 Å². The Kier molecular flexibility index (Phi) is 4.77. The Balaban J connectivity index is 2.05. The van der Waals surface area contributed by atoms with E-state index in [1.807, 2.05) is 30.3 Å². The third-order valence-corrected chi connectivity index (χ3v) is 3.00. The average Bonchev–Trinajstić information content (AvgIpc) is 2.45. The van der Waals surface area contributed by atoms with Crippen molar-refractivity contribution in [2.24, 2.45) is 0 Å². The Morgan fingerprint density at radius 2 is 1.76 bits per heavy atom. The molecule has 0 unspecified atom stereocenters. The first-order valence-corrected chi connectivity index (χ1v) is 6.49. The van der Waals surface area contributed by atoms with E-state index in [-0.39, 0.29) is 17.3 Å². The Morgan fingerprint density at radius 1 is 1.05 bits per heavy atom. The Morgan fingerprint density at radius 3 is 2.43 bits per heavy atom. The van der Waals surface area contributed by atoms with Gasteiger partial charge in [-0.25, -0.2) is 0 Å². The fourth-order valence-corrected chi connectivity index (χ4v) is 1.83. The summed E-state index contributed by atoms with van der Waals surface area (Å²) < 4.78 is 37.8. The van der Waals surface area contributed by atoms with Gasteiger partial charge >= 0.3 is 6.18 Å². The Hall–Kier alpha value is -2.12. The van der Waals surface area contributed by atoms with Gasteiger partial charge in [-0.3, -0.25) is 0 Å². The first-order chi connectivity index (χ1) is 9.97. The third-order valence-electron chi connectivity index (χ3n) is 2.67. The lowest BCUT2D eigenvalue weighted by molar-refractivity contribution is -0.137. The lowest BCUT2D eigenvalue weighted by atomic mass is 10.2. The van der Waals surface area contributed by atoms with E-state index in [0.29, 0.717) is 0 Å². The zero-order chi connectivity index (χ0) is 15.3. The molecular weight excluding hydrogens is 299 g/mol. The second kappa shape index (κ2) is 6.55. The maximum absolute atomic E-state index is 12.6. The molecule has 0 amide bonds. The maximum atomic E-state index is 12.6. The van der Waals surface area contributed by atoms with E-state index in [4.69, 9.17) is 11.6 Å². The molecule has 2 rings (SSSR count). The third kappa shape index (κ3) is 4.44. The van der Waals surface area contributed by atoms with Gasteiger partial charge in [0.15, 0.2) is 0 Å². The van der Waals surface area contributed by atoms with Crippen LogP contribution in [0.15, 0.2) is 48.5 Å². The molecule has 0 aliphatic rings. The largest absolute Gasteiger partial charge is 0.416 e. The minimum absolute atomic E-state index is 0.204. The van der Waals surface area contributed by atoms with Gasteiger partial charge in [0.25, 0.3) is 0 Å². The van der Waals surface area contributed by atoms with Gasteiger partial charge in [-0.2, -0.15) is 13.2 Å². The molecule has 1 nitrogen and oxygen atoms in total. The van der Waals surface area contributed by atoms with Crippen molar-refractivity contribution in [3.63, 3.8) is 0 Å². The number of nitrogens with one attached hydrogen (secondary N) is 1. The van der Waals surface area contributed by atoms with Crippen molar-refractivity contribution in [1.29, 1.82) is 0 Å². The topological polar surface area (TPSA) is 12.0 Å². The molecule has 0 saturated carbocycles. The molecule has 0 fully saturated rings. The number of alkyl halides is 3. The summed E-state index contributed by atoms with van der Waals surface area (Å²) in [4.78, 5) is 0. The highest BCUT2D eigenvalue weighted by Crippen LogP contribution is 2.33. The molecule has 0 aliphatic carbocycles. The summed E-state index contributed by atoms with van der Waals surface area (Å²) in [7, 11) is 0. The molecule has 0 bridgehead atoms. The zero-order valence-electron chi connectivity index (χ0n) is 10.8. The zero-order valence-corrected chi connectivity index (χ0v) is 11.6. The van der Waals surface area contributed by atoms with Gasteiger partial charge in [-0.1, -0.05) is 41.6 Å². The molecule has 21 heavy (non-hydrogen) atoms. The van der Waals surface area contributed by atoms with Crippen LogP contribution >= 0.6 is 11.6 Å². The van der Waals surface area contributed by atoms with Gasteiger partial charge < -0.3 is 5.32 Å². The minimum atomic E-state index is -4.39. The normalized spacial score (nSPS) is 10.7. The predicted molar refractivity (Wildman–Crippen MR) is 78.3 cm³/mol. The van der Waals surface area contributed by atoms with E-state index in [1.54, 1.807) is 0 Å². The Labute approximate surface area is 125 Å². The van der Waals surface area contributed by atoms with Crippen LogP contribution in [0.3, 0.4) is 0 Å². The van der Waals surface area contributed by atoms with E-state index in [2.05, 4.69) is 17.2 Å². The van der Waals surface area contributed by atoms with E-state index < -0.39 is 11.7 Å². The van der Waals surface area contributed by atoms with Crippen LogP contribution < -0.4 is 5.32 Å². The minimum Gasteiger partial charge on any atom is -0.373 e. The quantitative estimate of drug-likeness (QED) is 0.784. The van der Waals surface area contributed by atoms with Crippen molar-refractivity contribution in [3.05, 3.63) is 64.7 Å². The van der Waals surface area contributed by atoms with Crippen molar-refractivity contribution >= 4 is 17.3 Å². The lowest BCUT2D eigenvalue weighted by Gasteiger charge is -2.10. The first-order valence-electron chi connectivity index (χ1n) is 6.11. The van der Waals surface area contributed by atoms with Crippen LogP contribution in [0.5, 0.6) is 0 Å². The average molecular weight is 310 g/mol. The van der Waals surface area contributed by atoms with E-state index in [0.717, 1.165) is 17.7 Å². The second-order valence-corrected chi connectivity index (χ2v) is 4.62. The summed E-state index contributed by atoms with van der Waals surface area (Å²) in [6.45, 7) is 0.204. The lowest BCUT2D eigenvalue weighted by Crippen LogP contribution is -2.07. The van der Waals surface area contributed by atoms with E-state index in [9.17, 15) is 13.2 Å². The number of benzene rings is 2. The van der Waals surface area contributed by atoms with E-state index in [1.165, 1.54) is 6.07 Å². The number of hydrogen-bond donors (Lipinski definition) is 1. The van der Waals surface area contributed by atoms with Gasteiger partial charge in [-0.05, 0) is 30.3 Å². The molecule has 0 heterocycles. The number of anilines is 1. The summed E-state index contributed by atoms with van der Waals surface area (Å²) in [6, 6.07) is 12.5. The fourth-order valence-electron chi connectivity index (χ4n) is 1.64. The van der Waals surface area contributed by atoms with Crippen molar-refractivity contribution in [2.75, 3.05) is 11.9 Å². The molecule has 0 spiro atoms. The SMILES string of the molecule is FC(F)(F)c1ccc(Cl)c(NCC#Cc2ccccc2)c1. The smallest absolute Gasteiger partial charge is 0.373 e. The van der Waals surface area contributed by atoms with Crippen molar-refractivity contribution in [2.45, 2.75) is 6.18 Å². The van der Waals surface area contributed by atoms with Crippen LogP contribution in [0, 0.1) is 11.8 Å². The molecule has 0 aliphatic heterocycles. The van der Waals surface area contributed by atoms with Gasteiger partial charge in [0.05, 0.1) is 22.8 Å². The predicted octanol–water partition coefficient (Wildman–Crippen LogP) is 4.82. The second-order valence-electron chi connectivity index (χ2n) is 4.21. The molecule has 0 aromatic heterocycles. The van der Waals surface area contributed by atoms with Crippen molar-refractivity contribution < 1.29 is 13.2 Å². The maximum Gasteiger partial charge on any atom is 0.416 e. The number of halogens is 4. The van der Waals surface area contributed by atoms with Crippen LogP contribution in [-0.2, 0) is 6.18 Å². The van der Waals surface area contributed by atoms with Crippen molar-refractivity contribution in [3.8, 4) is 11.8 Å². The standard InChI is InChI=1S/C16H11ClF3N/c17-14-9-8-13(16(18,19)20)11-15(14)21-10-4-7-12-5-2-1-3-6-12/h1-3,5-6,8-9,11,21H,10H2. The molecule has 1 N–H and O–H groups in total. The van der Waals surface area contributed by atoms with Crippen LogP contribution in [-0.4, -0.2) is 6.54 Å². The highest BCUT2D eigenvalue weighted by molar-refractivity contribution is 6.33. The molecule has 0 saturated heterocycles. The van der Waals surface area contributed by atoms with Gasteiger partial charge in [0.2, 0.25) is 0 Å². The summed E-state index contributed by atoms with van der Waals surface area (Å²) >= 11 is 5.86. The molecular formula is C16H11ClF3N. The molecule has 0 radical (unpaired) electrons. The van der Waals surface area contributed by atoms with Crippen LogP contribution in [0.25, 0.3) is 0 Å². The molecule has 5 heteroatoms. The van der Waals surface area contributed by atoms with Crippen LogP contribution in [0.1, 0.15) is 11.1 Å². The number of hydrogen-bond acceptors (Lipinski definition) is 1. The van der Waals surface area contributed by atoms with Crippen molar-refractivity contribution in [1.82, 2.24) is 0 Å². The molecule has 0 atom stereocenters. The molecule has 108 valence electrons. The summed E-state index contributed by atoms with van der Waals surface area (Å²) in [5.74, 6) is 5.74. The van der Waals surface area contributed by atoms with Gasteiger partial charge in [0, 0.05) is 5.56 Å². The fraction of sp³-hybridized carbons (Fsp3) is 0.125. The first kappa shape index (κ1) is 15.3. The van der Waals surface area contributed by atoms with Gasteiger partial charge in [0.1, 0.15) is 0 Å².